The first kappa shape index (κ1) is 14.3. The molecule has 0 aliphatic carbocycles. The normalized spacial score (nSPS) is 27.0. The zero-order valence-electron chi connectivity index (χ0n) is 12.3. The van der Waals surface area contributed by atoms with Crippen LogP contribution in [0.2, 0.25) is 0 Å². The Morgan fingerprint density at radius 3 is 3.00 bits per heavy atom. The molecular formula is C16H22FN3O. The molecule has 0 saturated carbocycles. The van der Waals surface area contributed by atoms with Crippen LogP contribution in [0.3, 0.4) is 0 Å². The minimum Gasteiger partial charge on any atom is -0.371 e. The zero-order valence-corrected chi connectivity index (χ0v) is 12.3. The van der Waals surface area contributed by atoms with E-state index in [0.717, 1.165) is 31.6 Å². The molecule has 0 aromatic heterocycles. The van der Waals surface area contributed by atoms with Gasteiger partial charge in [0.2, 0.25) is 5.91 Å². The average Bonchev–Trinajstić information content (AvgIpc) is 2.46. The molecule has 1 aromatic carbocycles. The van der Waals surface area contributed by atoms with Crippen LogP contribution in [0.25, 0.3) is 0 Å². The van der Waals surface area contributed by atoms with Crippen LogP contribution in [-0.4, -0.2) is 25.0 Å². The molecule has 1 amide bonds. The van der Waals surface area contributed by atoms with Gasteiger partial charge in [-0.15, -0.1) is 0 Å². The minimum absolute atomic E-state index is 0.159. The predicted octanol–water partition coefficient (Wildman–Crippen LogP) is 1.95. The maximum absolute atomic E-state index is 14.1. The molecule has 0 spiro atoms. The summed E-state index contributed by atoms with van der Waals surface area (Å²) in [4.78, 5) is 13.7. The summed E-state index contributed by atoms with van der Waals surface area (Å²) in [5.41, 5.74) is 7.44. The Morgan fingerprint density at radius 2 is 2.24 bits per heavy atom. The van der Waals surface area contributed by atoms with E-state index in [4.69, 9.17) is 5.73 Å². The molecular weight excluding hydrogens is 269 g/mol. The number of benzene rings is 1. The van der Waals surface area contributed by atoms with Gasteiger partial charge < -0.3 is 16.0 Å². The van der Waals surface area contributed by atoms with Crippen LogP contribution in [0.15, 0.2) is 18.2 Å². The topological polar surface area (TPSA) is 58.4 Å². The molecule has 2 unspecified atom stereocenters. The Morgan fingerprint density at radius 1 is 1.43 bits per heavy atom. The Labute approximate surface area is 124 Å². The predicted molar refractivity (Wildman–Crippen MR) is 80.5 cm³/mol. The summed E-state index contributed by atoms with van der Waals surface area (Å²) in [6.45, 7) is 3.49. The van der Waals surface area contributed by atoms with E-state index in [1.54, 1.807) is 6.07 Å². The number of hydrogen-bond acceptors (Lipinski definition) is 3. The standard InChI is InChI=1S/C16H22FN3O/c1-10(18)16-12(17)3-2-4-14(16)20-8-7-13-11(9-20)5-6-15(21)19-13/h2-4,10-11,13H,5-9,18H2,1H3,(H,19,21)/t10-,11?,13?/m0/s1. The highest BCUT2D eigenvalue weighted by Gasteiger charge is 2.34. The smallest absolute Gasteiger partial charge is 0.220 e. The molecule has 0 radical (unpaired) electrons. The summed E-state index contributed by atoms with van der Waals surface area (Å²) < 4.78 is 14.1. The van der Waals surface area contributed by atoms with Crippen molar-refractivity contribution in [3.05, 3.63) is 29.6 Å². The number of carbonyl (C=O) groups excluding carboxylic acids is 1. The van der Waals surface area contributed by atoms with Crippen molar-refractivity contribution in [3.63, 3.8) is 0 Å². The Kier molecular flexibility index (Phi) is 3.85. The molecule has 2 aliphatic heterocycles. The summed E-state index contributed by atoms with van der Waals surface area (Å²) in [5.74, 6) is 0.369. The maximum atomic E-state index is 14.1. The molecule has 2 heterocycles. The number of amides is 1. The number of piperidine rings is 2. The highest BCUT2D eigenvalue weighted by atomic mass is 19.1. The number of nitrogens with two attached hydrogens (primary N) is 1. The first-order valence-electron chi connectivity index (χ1n) is 7.64. The Bertz CT molecular complexity index is 546. The fourth-order valence-electron chi connectivity index (χ4n) is 3.58. The summed E-state index contributed by atoms with van der Waals surface area (Å²) in [5, 5.41) is 3.07. The molecule has 2 fully saturated rings. The summed E-state index contributed by atoms with van der Waals surface area (Å²) in [6, 6.07) is 5.10. The van der Waals surface area contributed by atoms with E-state index in [0.29, 0.717) is 17.9 Å². The monoisotopic (exact) mass is 291 g/mol. The lowest BCUT2D eigenvalue weighted by Crippen LogP contribution is -2.54. The van der Waals surface area contributed by atoms with Crippen LogP contribution in [0.5, 0.6) is 0 Å². The maximum Gasteiger partial charge on any atom is 0.220 e. The molecule has 3 atom stereocenters. The average molecular weight is 291 g/mol. The SMILES string of the molecule is C[C@H](N)c1c(F)cccc1N1CCC2NC(=O)CCC2C1. The van der Waals surface area contributed by atoms with Crippen LogP contribution in [-0.2, 0) is 4.79 Å². The summed E-state index contributed by atoms with van der Waals surface area (Å²) >= 11 is 0. The number of anilines is 1. The Balaban J connectivity index is 1.83. The fourth-order valence-corrected chi connectivity index (χ4v) is 3.58. The van der Waals surface area contributed by atoms with E-state index in [9.17, 15) is 9.18 Å². The number of fused-ring (bicyclic) bond motifs is 1. The van der Waals surface area contributed by atoms with E-state index in [1.807, 2.05) is 13.0 Å². The van der Waals surface area contributed by atoms with Gasteiger partial charge in [0, 0.05) is 42.8 Å². The number of rotatable bonds is 2. The van der Waals surface area contributed by atoms with Crippen molar-refractivity contribution in [3.8, 4) is 0 Å². The van der Waals surface area contributed by atoms with E-state index >= 15 is 0 Å². The van der Waals surface area contributed by atoms with Gasteiger partial charge in [0.05, 0.1) is 0 Å². The molecule has 114 valence electrons. The summed E-state index contributed by atoms with van der Waals surface area (Å²) in [7, 11) is 0. The van der Waals surface area contributed by atoms with E-state index in [1.165, 1.54) is 6.07 Å². The van der Waals surface area contributed by atoms with Crippen molar-refractivity contribution in [2.75, 3.05) is 18.0 Å². The second-order valence-corrected chi connectivity index (χ2v) is 6.17. The first-order valence-corrected chi connectivity index (χ1v) is 7.64. The van der Waals surface area contributed by atoms with Crippen LogP contribution < -0.4 is 16.0 Å². The van der Waals surface area contributed by atoms with Gasteiger partial charge in [0.1, 0.15) is 5.82 Å². The number of nitrogens with one attached hydrogen (secondary N) is 1. The van der Waals surface area contributed by atoms with Gasteiger partial charge in [-0.1, -0.05) is 6.07 Å². The molecule has 3 N–H and O–H groups in total. The van der Waals surface area contributed by atoms with Gasteiger partial charge in [0.25, 0.3) is 0 Å². The number of hydrogen-bond donors (Lipinski definition) is 2. The van der Waals surface area contributed by atoms with Crippen molar-refractivity contribution in [1.82, 2.24) is 5.32 Å². The molecule has 2 aliphatic rings. The van der Waals surface area contributed by atoms with Crippen LogP contribution in [0.4, 0.5) is 10.1 Å². The molecule has 4 nitrogen and oxygen atoms in total. The lowest BCUT2D eigenvalue weighted by Gasteiger charge is -2.43. The zero-order chi connectivity index (χ0) is 15.0. The van der Waals surface area contributed by atoms with Gasteiger partial charge in [-0.05, 0) is 37.8 Å². The third-order valence-electron chi connectivity index (χ3n) is 4.65. The molecule has 5 heteroatoms. The van der Waals surface area contributed by atoms with Crippen molar-refractivity contribution in [1.29, 1.82) is 0 Å². The van der Waals surface area contributed by atoms with E-state index < -0.39 is 0 Å². The second-order valence-electron chi connectivity index (χ2n) is 6.17. The largest absolute Gasteiger partial charge is 0.371 e. The van der Waals surface area contributed by atoms with Crippen molar-refractivity contribution < 1.29 is 9.18 Å². The van der Waals surface area contributed by atoms with Crippen molar-refractivity contribution in [2.45, 2.75) is 38.3 Å². The lowest BCUT2D eigenvalue weighted by atomic mass is 9.84. The highest BCUT2D eigenvalue weighted by molar-refractivity contribution is 5.77. The summed E-state index contributed by atoms with van der Waals surface area (Å²) in [6.07, 6.45) is 2.42. The molecule has 21 heavy (non-hydrogen) atoms. The van der Waals surface area contributed by atoms with Gasteiger partial charge in [-0.3, -0.25) is 4.79 Å². The number of halogens is 1. The number of carbonyl (C=O) groups is 1. The van der Waals surface area contributed by atoms with E-state index in [-0.39, 0.29) is 23.8 Å². The quantitative estimate of drug-likeness (QED) is 0.875. The molecule has 3 rings (SSSR count). The number of nitrogens with zero attached hydrogens (tertiary/aromatic N) is 1. The molecule has 2 saturated heterocycles. The van der Waals surface area contributed by atoms with Crippen LogP contribution in [0, 0.1) is 11.7 Å². The fraction of sp³-hybridized carbons (Fsp3) is 0.562. The Hall–Kier alpha value is -1.62. The molecule has 0 bridgehead atoms. The van der Waals surface area contributed by atoms with Crippen molar-refractivity contribution in [2.24, 2.45) is 11.7 Å². The second kappa shape index (κ2) is 5.64. The van der Waals surface area contributed by atoms with E-state index in [2.05, 4.69) is 10.2 Å². The van der Waals surface area contributed by atoms with Gasteiger partial charge in [-0.2, -0.15) is 0 Å². The first-order chi connectivity index (χ1) is 10.1. The van der Waals surface area contributed by atoms with Gasteiger partial charge in [-0.25, -0.2) is 4.39 Å². The van der Waals surface area contributed by atoms with Crippen molar-refractivity contribution >= 4 is 11.6 Å². The van der Waals surface area contributed by atoms with Crippen LogP contribution in [0.1, 0.15) is 37.8 Å². The van der Waals surface area contributed by atoms with Gasteiger partial charge in [0.15, 0.2) is 0 Å². The van der Waals surface area contributed by atoms with Crippen LogP contribution >= 0.6 is 0 Å². The molecule has 1 aromatic rings. The third-order valence-corrected chi connectivity index (χ3v) is 4.65. The lowest BCUT2D eigenvalue weighted by molar-refractivity contribution is -0.124. The third kappa shape index (κ3) is 2.75. The minimum atomic E-state index is -0.329. The highest BCUT2D eigenvalue weighted by Crippen LogP contribution is 2.33. The van der Waals surface area contributed by atoms with Gasteiger partial charge >= 0.3 is 0 Å².